The number of anilines is 1. The smallest absolute Gasteiger partial charge is 0.119 e. The second-order valence-corrected chi connectivity index (χ2v) is 6.25. The third kappa shape index (κ3) is 5.25. The number of benzene rings is 1. The van der Waals surface area contributed by atoms with E-state index in [9.17, 15) is 0 Å². The number of aromatic nitrogens is 2. The van der Waals surface area contributed by atoms with Gasteiger partial charge in [-0.15, -0.1) is 0 Å². The van der Waals surface area contributed by atoms with Crippen LogP contribution in [0, 0.1) is 0 Å². The molecule has 3 rings (SSSR count). The Bertz CT molecular complexity index is 576. The zero-order valence-electron chi connectivity index (χ0n) is 14.2. The second kappa shape index (κ2) is 8.70. The molecular formula is C18H27N5O. The largest absolute Gasteiger partial charge is 0.494 e. The van der Waals surface area contributed by atoms with Gasteiger partial charge in [0.05, 0.1) is 12.9 Å². The van der Waals surface area contributed by atoms with Crippen LogP contribution in [-0.4, -0.2) is 65.2 Å². The molecule has 2 N–H and O–H groups in total. The molecule has 6 nitrogen and oxygen atoms in total. The van der Waals surface area contributed by atoms with Crippen molar-refractivity contribution in [2.24, 2.45) is 0 Å². The van der Waals surface area contributed by atoms with Gasteiger partial charge in [-0.3, -0.25) is 4.90 Å². The summed E-state index contributed by atoms with van der Waals surface area (Å²) in [4.78, 5) is 9.14. The Morgan fingerprint density at radius 1 is 0.958 bits per heavy atom. The average molecular weight is 329 g/mol. The molecule has 0 radical (unpaired) electrons. The number of imidazole rings is 1. The van der Waals surface area contributed by atoms with Gasteiger partial charge in [-0.2, -0.15) is 0 Å². The minimum absolute atomic E-state index is 0.755. The summed E-state index contributed by atoms with van der Waals surface area (Å²) in [5.74, 6) is 0.897. The molecule has 0 aliphatic carbocycles. The van der Waals surface area contributed by atoms with Crippen molar-refractivity contribution in [2.45, 2.75) is 13.0 Å². The molecule has 0 unspecified atom stereocenters. The topological polar surface area (TPSA) is 59.6 Å². The fraction of sp³-hybridized carbons (Fsp3) is 0.500. The van der Waals surface area contributed by atoms with Crippen molar-refractivity contribution in [3.63, 3.8) is 0 Å². The molecule has 2 aromatic rings. The van der Waals surface area contributed by atoms with E-state index >= 15 is 0 Å². The van der Waals surface area contributed by atoms with E-state index in [4.69, 9.17) is 10.5 Å². The zero-order chi connectivity index (χ0) is 16.6. The minimum atomic E-state index is 0.755. The Labute approximate surface area is 143 Å². The lowest BCUT2D eigenvalue weighted by molar-refractivity contribution is 0.123. The lowest BCUT2D eigenvalue weighted by Gasteiger charge is -2.34. The van der Waals surface area contributed by atoms with Crippen LogP contribution >= 0.6 is 0 Å². The number of hydrogen-bond acceptors (Lipinski definition) is 5. The van der Waals surface area contributed by atoms with Crippen molar-refractivity contribution >= 4 is 5.69 Å². The Morgan fingerprint density at radius 2 is 1.67 bits per heavy atom. The van der Waals surface area contributed by atoms with Crippen LogP contribution in [0.3, 0.4) is 0 Å². The molecule has 1 aromatic carbocycles. The van der Waals surface area contributed by atoms with E-state index < -0.39 is 0 Å². The van der Waals surface area contributed by atoms with Gasteiger partial charge in [0.15, 0.2) is 0 Å². The third-order valence-corrected chi connectivity index (χ3v) is 4.47. The molecule has 1 aliphatic rings. The molecule has 24 heavy (non-hydrogen) atoms. The summed E-state index contributed by atoms with van der Waals surface area (Å²) < 4.78 is 7.89. The van der Waals surface area contributed by atoms with Crippen LogP contribution in [0.5, 0.6) is 5.75 Å². The van der Waals surface area contributed by atoms with Gasteiger partial charge in [-0.05, 0) is 30.7 Å². The first-order valence-electron chi connectivity index (χ1n) is 8.68. The molecule has 1 aromatic heterocycles. The van der Waals surface area contributed by atoms with E-state index in [1.807, 2.05) is 43.0 Å². The van der Waals surface area contributed by atoms with Crippen molar-refractivity contribution in [3.05, 3.63) is 43.0 Å². The maximum Gasteiger partial charge on any atom is 0.119 e. The molecule has 1 fully saturated rings. The molecule has 130 valence electrons. The van der Waals surface area contributed by atoms with E-state index in [0.717, 1.165) is 70.3 Å². The van der Waals surface area contributed by atoms with Crippen LogP contribution in [0.25, 0.3) is 0 Å². The van der Waals surface area contributed by atoms with Gasteiger partial charge in [-0.1, -0.05) is 0 Å². The number of hydrogen-bond donors (Lipinski definition) is 1. The number of piperazine rings is 1. The number of nitrogens with two attached hydrogens (primary N) is 1. The Kier molecular flexibility index (Phi) is 6.09. The minimum Gasteiger partial charge on any atom is -0.494 e. The van der Waals surface area contributed by atoms with Crippen molar-refractivity contribution in [1.82, 2.24) is 19.4 Å². The first-order valence-corrected chi connectivity index (χ1v) is 8.68. The fourth-order valence-corrected chi connectivity index (χ4v) is 2.95. The van der Waals surface area contributed by atoms with Crippen LogP contribution in [0.1, 0.15) is 6.42 Å². The van der Waals surface area contributed by atoms with E-state index in [1.54, 1.807) is 0 Å². The Hall–Kier alpha value is -2.05. The van der Waals surface area contributed by atoms with E-state index in [2.05, 4.69) is 19.4 Å². The van der Waals surface area contributed by atoms with Crippen LogP contribution < -0.4 is 10.5 Å². The van der Waals surface area contributed by atoms with E-state index in [-0.39, 0.29) is 0 Å². The van der Waals surface area contributed by atoms with Crippen molar-refractivity contribution < 1.29 is 4.74 Å². The molecule has 2 heterocycles. The van der Waals surface area contributed by atoms with Gasteiger partial charge in [0.1, 0.15) is 5.75 Å². The zero-order valence-corrected chi connectivity index (χ0v) is 14.2. The molecule has 0 bridgehead atoms. The SMILES string of the molecule is Nc1ccc(OCCCN2CCN(CCn3ccnc3)CC2)cc1. The maximum absolute atomic E-state index is 5.75. The first-order chi connectivity index (χ1) is 11.8. The summed E-state index contributed by atoms with van der Waals surface area (Å²) >= 11 is 0. The highest BCUT2D eigenvalue weighted by Crippen LogP contribution is 2.13. The molecule has 1 saturated heterocycles. The molecule has 1 aliphatic heterocycles. The molecule has 0 amide bonds. The third-order valence-electron chi connectivity index (χ3n) is 4.47. The fourth-order valence-electron chi connectivity index (χ4n) is 2.95. The van der Waals surface area contributed by atoms with Gasteiger partial charge in [0.2, 0.25) is 0 Å². The Balaban J connectivity index is 1.26. The lowest BCUT2D eigenvalue weighted by Crippen LogP contribution is -2.47. The van der Waals surface area contributed by atoms with Crippen LogP contribution in [0.4, 0.5) is 5.69 Å². The standard InChI is InChI=1S/C18H27N5O/c19-17-2-4-18(5-3-17)24-15-1-7-21-9-11-22(12-10-21)13-14-23-8-6-20-16-23/h2-6,8,16H,1,7,9-15,19H2. The van der Waals surface area contributed by atoms with Crippen molar-refractivity contribution in [1.29, 1.82) is 0 Å². The maximum atomic E-state index is 5.75. The van der Waals surface area contributed by atoms with Crippen molar-refractivity contribution in [2.75, 3.05) is 51.6 Å². The molecule has 6 heteroatoms. The van der Waals surface area contributed by atoms with E-state index in [0.29, 0.717) is 0 Å². The van der Waals surface area contributed by atoms with E-state index in [1.165, 1.54) is 0 Å². The van der Waals surface area contributed by atoms with Gasteiger partial charge in [0, 0.05) is 63.9 Å². The number of ether oxygens (including phenoxy) is 1. The summed E-state index contributed by atoms with van der Waals surface area (Å²) in [6, 6.07) is 7.60. The average Bonchev–Trinajstić information content (AvgIpc) is 3.13. The molecule has 0 spiro atoms. The highest BCUT2D eigenvalue weighted by molar-refractivity contribution is 5.41. The van der Waals surface area contributed by atoms with Gasteiger partial charge in [0.25, 0.3) is 0 Å². The number of rotatable bonds is 8. The summed E-state index contributed by atoms with van der Waals surface area (Å²) in [6.45, 7) is 8.56. The number of nitrogen functional groups attached to an aromatic ring is 1. The normalized spacial score (nSPS) is 16.3. The van der Waals surface area contributed by atoms with Crippen LogP contribution in [-0.2, 0) is 6.54 Å². The monoisotopic (exact) mass is 329 g/mol. The molecular weight excluding hydrogens is 302 g/mol. The van der Waals surface area contributed by atoms with Gasteiger partial charge < -0.3 is 19.9 Å². The predicted molar refractivity (Wildman–Crippen MR) is 96.1 cm³/mol. The summed E-state index contributed by atoms with van der Waals surface area (Å²) in [5.41, 5.74) is 6.44. The number of nitrogens with zero attached hydrogens (tertiary/aromatic N) is 4. The summed E-state index contributed by atoms with van der Waals surface area (Å²) in [7, 11) is 0. The molecule has 0 saturated carbocycles. The summed E-state index contributed by atoms with van der Waals surface area (Å²) in [6.07, 6.45) is 6.80. The second-order valence-electron chi connectivity index (χ2n) is 6.25. The molecule has 0 atom stereocenters. The first kappa shape index (κ1) is 16.8. The predicted octanol–water partition coefficient (Wildman–Crippen LogP) is 1.55. The summed E-state index contributed by atoms with van der Waals surface area (Å²) in [5, 5.41) is 0. The Morgan fingerprint density at radius 3 is 2.33 bits per heavy atom. The van der Waals surface area contributed by atoms with Gasteiger partial charge in [-0.25, -0.2) is 4.98 Å². The highest BCUT2D eigenvalue weighted by atomic mass is 16.5. The lowest BCUT2D eigenvalue weighted by atomic mass is 10.3. The quantitative estimate of drug-likeness (QED) is 0.588. The highest BCUT2D eigenvalue weighted by Gasteiger charge is 2.16. The van der Waals surface area contributed by atoms with Crippen LogP contribution in [0.15, 0.2) is 43.0 Å². The van der Waals surface area contributed by atoms with Crippen molar-refractivity contribution in [3.8, 4) is 5.75 Å². The van der Waals surface area contributed by atoms with Crippen LogP contribution in [0.2, 0.25) is 0 Å². The van der Waals surface area contributed by atoms with Gasteiger partial charge >= 0.3 is 0 Å².